The Morgan fingerprint density at radius 3 is 2.52 bits per heavy atom. The van der Waals surface area contributed by atoms with Gasteiger partial charge in [-0.25, -0.2) is 4.39 Å². The summed E-state index contributed by atoms with van der Waals surface area (Å²) in [6.07, 6.45) is 4.97. The van der Waals surface area contributed by atoms with E-state index in [0.29, 0.717) is 12.8 Å². The van der Waals surface area contributed by atoms with Gasteiger partial charge in [0, 0.05) is 11.6 Å². The van der Waals surface area contributed by atoms with Crippen LogP contribution >= 0.6 is 0 Å². The molecule has 0 saturated heterocycles. The molecule has 2 rings (SSSR count). The van der Waals surface area contributed by atoms with Crippen molar-refractivity contribution in [2.75, 3.05) is 7.11 Å². The summed E-state index contributed by atoms with van der Waals surface area (Å²) in [5.74, 6) is -2.49. The third-order valence-electron chi connectivity index (χ3n) is 4.31. The lowest BCUT2D eigenvalue weighted by Crippen LogP contribution is -2.43. The number of amides is 1. The molecule has 0 heterocycles. The van der Waals surface area contributed by atoms with Crippen LogP contribution in [0.5, 0.6) is 5.75 Å². The maximum absolute atomic E-state index is 13.7. The largest absolute Gasteiger partial charge is 0.494 e. The summed E-state index contributed by atoms with van der Waals surface area (Å²) in [7, 11) is 1.35. The molecular formula is C17H22FNO4. The Kier molecular flexibility index (Phi) is 5.96. The maximum Gasteiger partial charge on any atom is 0.308 e. The first kappa shape index (κ1) is 17.2. The zero-order chi connectivity index (χ0) is 16.8. The van der Waals surface area contributed by atoms with Gasteiger partial charge in [0.1, 0.15) is 0 Å². The monoisotopic (exact) mass is 323 g/mol. The molecule has 0 aromatic heterocycles. The average Bonchev–Trinajstić information content (AvgIpc) is 2.49. The van der Waals surface area contributed by atoms with Gasteiger partial charge in [0.15, 0.2) is 11.6 Å². The van der Waals surface area contributed by atoms with E-state index in [1.165, 1.54) is 19.2 Å². The van der Waals surface area contributed by atoms with Crippen LogP contribution in [0.3, 0.4) is 0 Å². The van der Waals surface area contributed by atoms with Gasteiger partial charge in [0.25, 0.3) is 5.91 Å². The predicted molar refractivity (Wildman–Crippen MR) is 83.0 cm³/mol. The highest BCUT2D eigenvalue weighted by atomic mass is 19.1. The van der Waals surface area contributed by atoms with Gasteiger partial charge in [-0.3, -0.25) is 9.59 Å². The van der Waals surface area contributed by atoms with Crippen molar-refractivity contribution < 1.29 is 23.8 Å². The molecule has 6 heteroatoms. The standard InChI is InChI=1S/C17H22FNO4/c1-23-15-9-8-11(10-13(15)18)16(20)19-14-7-5-3-2-4-6-12(14)17(21)22/h8-10,12,14H,2-7H2,1H3,(H,19,20)(H,21,22). The zero-order valence-electron chi connectivity index (χ0n) is 13.2. The summed E-state index contributed by atoms with van der Waals surface area (Å²) in [5.41, 5.74) is 0.162. The average molecular weight is 323 g/mol. The molecule has 0 bridgehead atoms. The van der Waals surface area contributed by atoms with E-state index in [4.69, 9.17) is 4.74 Å². The van der Waals surface area contributed by atoms with E-state index in [-0.39, 0.29) is 11.3 Å². The van der Waals surface area contributed by atoms with Gasteiger partial charge >= 0.3 is 5.97 Å². The Balaban J connectivity index is 2.12. The molecule has 5 nitrogen and oxygen atoms in total. The van der Waals surface area contributed by atoms with Crippen molar-refractivity contribution in [1.82, 2.24) is 5.32 Å². The van der Waals surface area contributed by atoms with E-state index in [0.717, 1.165) is 31.7 Å². The molecule has 1 amide bonds. The van der Waals surface area contributed by atoms with Gasteiger partial charge < -0.3 is 15.2 Å². The number of rotatable bonds is 4. The summed E-state index contributed by atoms with van der Waals surface area (Å²) in [4.78, 5) is 23.8. The summed E-state index contributed by atoms with van der Waals surface area (Å²) < 4.78 is 18.5. The fourth-order valence-electron chi connectivity index (χ4n) is 3.01. The van der Waals surface area contributed by atoms with Gasteiger partial charge in [0.05, 0.1) is 13.0 Å². The number of halogens is 1. The van der Waals surface area contributed by atoms with E-state index < -0.39 is 29.7 Å². The van der Waals surface area contributed by atoms with Crippen LogP contribution in [0.25, 0.3) is 0 Å². The summed E-state index contributed by atoms with van der Waals surface area (Å²) in [5, 5.41) is 12.2. The minimum Gasteiger partial charge on any atom is -0.494 e. The lowest BCUT2D eigenvalue weighted by atomic mass is 9.86. The van der Waals surface area contributed by atoms with Crippen LogP contribution in [-0.2, 0) is 4.79 Å². The number of carbonyl (C=O) groups excluding carboxylic acids is 1. The van der Waals surface area contributed by atoms with Crippen molar-refractivity contribution in [3.8, 4) is 5.75 Å². The number of methoxy groups -OCH3 is 1. The molecule has 0 radical (unpaired) electrons. The maximum atomic E-state index is 13.7. The SMILES string of the molecule is COc1ccc(C(=O)NC2CCCCCCC2C(=O)O)cc1F. The Bertz CT molecular complexity index is 576. The van der Waals surface area contributed by atoms with Crippen molar-refractivity contribution in [1.29, 1.82) is 0 Å². The van der Waals surface area contributed by atoms with E-state index >= 15 is 0 Å². The number of hydrogen-bond acceptors (Lipinski definition) is 3. The van der Waals surface area contributed by atoms with Gasteiger partial charge in [0.2, 0.25) is 0 Å². The summed E-state index contributed by atoms with van der Waals surface area (Å²) in [6.45, 7) is 0. The molecule has 0 spiro atoms. The summed E-state index contributed by atoms with van der Waals surface area (Å²) >= 11 is 0. The predicted octanol–water partition coefficient (Wildman–Crippen LogP) is 2.99. The second-order valence-corrected chi connectivity index (χ2v) is 5.87. The lowest BCUT2D eigenvalue weighted by Gasteiger charge is -2.27. The van der Waals surface area contributed by atoms with Crippen molar-refractivity contribution in [2.24, 2.45) is 5.92 Å². The second-order valence-electron chi connectivity index (χ2n) is 5.87. The van der Waals surface area contributed by atoms with E-state index in [2.05, 4.69) is 5.32 Å². The normalized spacial score (nSPS) is 21.8. The smallest absolute Gasteiger partial charge is 0.308 e. The molecule has 1 aliphatic carbocycles. The van der Waals surface area contributed by atoms with Crippen LogP contribution in [0.15, 0.2) is 18.2 Å². The third-order valence-corrected chi connectivity index (χ3v) is 4.31. The number of ether oxygens (including phenoxy) is 1. The first-order valence-corrected chi connectivity index (χ1v) is 7.90. The molecule has 1 aliphatic rings. The van der Waals surface area contributed by atoms with Crippen LogP contribution in [0, 0.1) is 11.7 Å². The van der Waals surface area contributed by atoms with Crippen LogP contribution in [-0.4, -0.2) is 30.1 Å². The lowest BCUT2D eigenvalue weighted by molar-refractivity contribution is -0.143. The highest BCUT2D eigenvalue weighted by Crippen LogP contribution is 2.24. The van der Waals surface area contributed by atoms with Crippen molar-refractivity contribution >= 4 is 11.9 Å². The van der Waals surface area contributed by atoms with Crippen molar-refractivity contribution in [3.63, 3.8) is 0 Å². The highest BCUT2D eigenvalue weighted by Gasteiger charge is 2.30. The van der Waals surface area contributed by atoms with Gasteiger partial charge in [-0.05, 0) is 31.0 Å². The molecule has 1 aromatic carbocycles. The minimum absolute atomic E-state index is 0.0657. The van der Waals surface area contributed by atoms with Crippen LogP contribution in [0.2, 0.25) is 0 Å². The third kappa shape index (κ3) is 4.43. The topological polar surface area (TPSA) is 75.6 Å². The molecule has 1 saturated carbocycles. The van der Waals surface area contributed by atoms with Gasteiger partial charge in [-0.1, -0.05) is 25.7 Å². The zero-order valence-corrected chi connectivity index (χ0v) is 13.2. The second kappa shape index (κ2) is 7.94. The molecule has 1 fully saturated rings. The Morgan fingerprint density at radius 2 is 1.91 bits per heavy atom. The molecule has 1 aromatic rings. The first-order chi connectivity index (χ1) is 11.0. The number of benzene rings is 1. The van der Waals surface area contributed by atoms with Gasteiger partial charge in [-0.15, -0.1) is 0 Å². The Hall–Kier alpha value is -2.11. The van der Waals surface area contributed by atoms with Crippen LogP contribution in [0.4, 0.5) is 4.39 Å². The van der Waals surface area contributed by atoms with E-state index in [1.807, 2.05) is 0 Å². The van der Waals surface area contributed by atoms with Crippen molar-refractivity contribution in [3.05, 3.63) is 29.6 Å². The number of carbonyl (C=O) groups is 2. The molecule has 2 atom stereocenters. The van der Waals surface area contributed by atoms with E-state index in [9.17, 15) is 19.1 Å². The Morgan fingerprint density at radius 1 is 1.22 bits per heavy atom. The van der Waals surface area contributed by atoms with Crippen LogP contribution in [0.1, 0.15) is 48.9 Å². The number of aliphatic carboxylic acids is 1. The molecular weight excluding hydrogens is 301 g/mol. The van der Waals surface area contributed by atoms with E-state index in [1.54, 1.807) is 0 Å². The molecule has 23 heavy (non-hydrogen) atoms. The molecule has 2 N–H and O–H groups in total. The van der Waals surface area contributed by atoms with Crippen LogP contribution < -0.4 is 10.1 Å². The molecule has 2 unspecified atom stereocenters. The quantitative estimate of drug-likeness (QED) is 0.893. The van der Waals surface area contributed by atoms with Gasteiger partial charge in [-0.2, -0.15) is 0 Å². The number of hydrogen-bond donors (Lipinski definition) is 2. The molecule has 0 aliphatic heterocycles. The fourth-order valence-corrected chi connectivity index (χ4v) is 3.01. The minimum atomic E-state index is -0.891. The van der Waals surface area contributed by atoms with Crippen molar-refractivity contribution in [2.45, 2.75) is 44.6 Å². The fraction of sp³-hybridized carbons (Fsp3) is 0.529. The Labute approximate surface area is 134 Å². The number of carboxylic acid groups (broad SMARTS) is 1. The first-order valence-electron chi connectivity index (χ1n) is 7.90. The number of nitrogens with one attached hydrogen (secondary N) is 1. The summed E-state index contributed by atoms with van der Waals surface area (Å²) in [6, 6.07) is 3.53. The molecule has 126 valence electrons. The highest BCUT2D eigenvalue weighted by molar-refractivity contribution is 5.94. The number of carboxylic acids is 1.